The molecular weight excluding hydrogens is 407 g/mol. The molecule has 0 spiro atoms. The Morgan fingerprint density at radius 3 is 2.36 bits per heavy atom. The lowest BCUT2D eigenvalue weighted by molar-refractivity contribution is -0.134. The number of nitrogens with zero attached hydrogens (tertiary/aromatic N) is 2. The molecule has 3 rings (SSSR count). The molecule has 0 fully saturated rings. The van der Waals surface area contributed by atoms with Crippen LogP contribution in [0.25, 0.3) is 0 Å². The number of aryl methyl sites for hydroxylation is 1. The first kappa shape index (κ1) is 19.8. The third kappa shape index (κ3) is 5.06. The highest BCUT2D eigenvalue weighted by molar-refractivity contribution is 7.13. The van der Waals surface area contributed by atoms with Crippen molar-refractivity contribution >= 4 is 11.3 Å². The molecule has 0 saturated heterocycles. The molecule has 5 nitrogen and oxygen atoms in total. The number of halogens is 5. The van der Waals surface area contributed by atoms with Crippen LogP contribution in [0.3, 0.4) is 0 Å². The van der Waals surface area contributed by atoms with Crippen LogP contribution in [0.5, 0.6) is 28.3 Å². The van der Waals surface area contributed by atoms with Crippen molar-refractivity contribution in [2.75, 3.05) is 0 Å². The van der Waals surface area contributed by atoms with Gasteiger partial charge in [0.1, 0.15) is 4.88 Å². The van der Waals surface area contributed by atoms with Gasteiger partial charge in [0.2, 0.25) is 11.8 Å². The second-order valence-corrected chi connectivity index (χ2v) is 6.39. The van der Waals surface area contributed by atoms with Crippen molar-refractivity contribution in [1.29, 1.82) is 0 Å². The Balaban J connectivity index is 1.82. The summed E-state index contributed by atoms with van der Waals surface area (Å²) >= 11 is 0.420. The summed E-state index contributed by atoms with van der Waals surface area (Å²) in [5, 5.41) is -0.0120. The summed E-state index contributed by atoms with van der Waals surface area (Å²) in [6, 6.07) is 6.36. The highest BCUT2D eigenvalue weighted by Gasteiger charge is 2.32. The fraction of sp³-hybridized carbons (Fsp3) is 0.176. The smallest absolute Gasteiger partial charge is 0.425 e. The standard InChI is InChI=1S/C17H11F5N2O3S/c1-9-6-13(25-10-4-5-23-8-11(10)26-16(18)19)24-14(7-9)27-15-3-2-12(28-15)17(20,21)22/h2-8,16H,1H3. The van der Waals surface area contributed by atoms with Crippen LogP contribution < -0.4 is 14.2 Å². The summed E-state index contributed by atoms with van der Waals surface area (Å²) in [6.07, 6.45) is -2.10. The molecule has 0 bridgehead atoms. The Bertz CT molecular complexity index is 962. The van der Waals surface area contributed by atoms with Crippen LogP contribution in [0.4, 0.5) is 22.0 Å². The summed E-state index contributed by atoms with van der Waals surface area (Å²) in [4.78, 5) is 6.90. The zero-order chi connectivity index (χ0) is 20.3. The molecule has 0 aromatic carbocycles. The molecule has 0 aliphatic heterocycles. The van der Waals surface area contributed by atoms with E-state index in [1.165, 1.54) is 30.5 Å². The fourth-order valence-corrected chi connectivity index (χ4v) is 2.82. The minimum atomic E-state index is -4.47. The normalized spacial score (nSPS) is 11.5. The first-order chi connectivity index (χ1) is 13.2. The summed E-state index contributed by atoms with van der Waals surface area (Å²) in [5.41, 5.74) is 0.623. The SMILES string of the molecule is Cc1cc(Oc2ccc(C(F)(F)F)s2)nc(Oc2ccncc2OC(F)F)c1. The number of hydrogen-bond acceptors (Lipinski definition) is 6. The molecule has 0 radical (unpaired) electrons. The van der Waals surface area contributed by atoms with E-state index in [2.05, 4.69) is 14.7 Å². The highest BCUT2D eigenvalue weighted by atomic mass is 32.1. The fourth-order valence-electron chi connectivity index (χ4n) is 2.09. The summed E-state index contributed by atoms with van der Waals surface area (Å²) in [5.74, 6) is -0.393. The van der Waals surface area contributed by atoms with Gasteiger partial charge in [0.15, 0.2) is 16.6 Å². The number of thiophene rings is 1. The predicted molar refractivity (Wildman–Crippen MR) is 89.3 cm³/mol. The van der Waals surface area contributed by atoms with Gasteiger partial charge in [0, 0.05) is 24.4 Å². The van der Waals surface area contributed by atoms with Gasteiger partial charge >= 0.3 is 12.8 Å². The zero-order valence-corrected chi connectivity index (χ0v) is 14.9. The molecule has 0 saturated carbocycles. The molecule has 0 unspecified atom stereocenters. The van der Waals surface area contributed by atoms with Gasteiger partial charge < -0.3 is 14.2 Å². The van der Waals surface area contributed by atoms with Crippen LogP contribution in [0.1, 0.15) is 10.4 Å². The van der Waals surface area contributed by atoms with Crippen molar-refractivity contribution in [3.05, 3.63) is 53.2 Å². The Kier molecular flexibility index (Phi) is 5.63. The van der Waals surface area contributed by atoms with E-state index in [0.29, 0.717) is 16.9 Å². The van der Waals surface area contributed by atoms with Crippen molar-refractivity contribution in [3.63, 3.8) is 0 Å². The van der Waals surface area contributed by atoms with Gasteiger partial charge in [0.25, 0.3) is 0 Å². The number of ether oxygens (including phenoxy) is 3. The second kappa shape index (κ2) is 7.97. The van der Waals surface area contributed by atoms with E-state index >= 15 is 0 Å². The number of pyridine rings is 2. The van der Waals surface area contributed by atoms with Crippen molar-refractivity contribution in [2.45, 2.75) is 19.7 Å². The van der Waals surface area contributed by atoms with Gasteiger partial charge in [-0.2, -0.15) is 26.9 Å². The Labute approximate surface area is 159 Å². The van der Waals surface area contributed by atoms with Crippen LogP contribution in [0, 0.1) is 6.92 Å². The van der Waals surface area contributed by atoms with Crippen LogP contribution in [0.15, 0.2) is 42.7 Å². The second-order valence-electron chi connectivity index (χ2n) is 5.34. The van der Waals surface area contributed by atoms with E-state index in [1.54, 1.807) is 6.92 Å². The Morgan fingerprint density at radius 2 is 1.71 bits per heavy atom. The van der Waals surface area contributed by atoms with Gasteiger partial charge in [-0.15, -0.1) is 0 Å². The van der Waals surface area contributed by atoms with Gasteiger partial charge in [-0.05, 0) is 24.6 Å². The number of hydrogen-bond donors (Lipinski definition) is 0. The third-order valence-electron chi connectivity index (χ3n) is 3.17. The lowest BCUT2D eigenvalue weighted by atomic mass is 10.3. The topological polar surface area (TPSA) is 53.5 Å². The molecule has 3 heterocycles. The van der Waals surface area contributed by atoms with Gasteiger partial charge in [-0.1, -0.05) is 11.3 Å². The van der Waals surface area contributed by atoms with Gasteiger partial charge in [0.05, 0.1) is 6.20 Å². The monoisotopic (exact) mass is 418 g/mol. The number of rotatable bonds is 6. The van der Waals surface area contributed by atoms with Crippen LogP contribution in [-0.4, -0.2) is 16.6 Å². The lowest BCUT2D eigenvalue weighted by Gasteiger charge is -2.12. The van der Waals surface area contributed by atoms with E-state index in [4.69, 9.17) is 9.47 Å². The van der Waals surface area contributed by atoms with Crippen molar-refractivity contribution in [1.82, 2.24) is 9.97 Å². The van der Waals surface area contributed by atoms with E-state index < -0.39 is 17.7 Å². The highest BCUT2D eigenvalue weighted by Crippen LogP contribution is 2.39. The minimum absolute atomic E-state index is 0.0120. The van der Waals surface area contributed by atoms with Crippen molar-refractivity contribution in [2.24, 2.45) is 0 Å². The largest absolute Gasteiger partial charge is 0.435 e. The van der Waals surface area contributed by atoms with Gasteiger partial charge in [-0.25, -0.2) is 0 Å². The third-order valence-corrected chi connectivity index (χ3v) is 4.17. The summed E-state index contributed by atoms with van der Waals surface area (Å²) in [7, 11) is 0. The molecule has 28 heavy (non-hydrogen) atoms. The first-order valence-electron chi connectivity index (χ1n) is 7.61. The Hall–Kier alpha value is -2.95. The number of alkyl halides is 5. The van der Waals surface area contributed by atoms with Gasteiger partial charge in [-0.3, -0.25) is 4.98 Å². The van der Waals surface area contributed by atoms with E-state index in [0.717, 1.165) is 12.3 Å². The first-order valence-corrected chi connectivity index (χ1v) is 8.42. The molecule has 11 heteroatoms. The quantitative estimate of drug-likeness (QED) is 0.456. The van der Waals surface area contributed by atoms with Crippen LogP contribution in [0.2, 0.25) is 0 Å². The lowest BCUT2D eigenvalue weighted by Crippen LogP contribution is -2.04. The minimum Gasteiger partial charge on any atom is -0.435 e. The molecule has 3 aromatic rings. The molecule has 0 atom stereocenters. The molecule has 148 valence electrons. The number of aromatic nitrogens is 2. The van der Waals surface area contributed by atoms with Crippen molar-refractivity contribution < 1.29 is 36.2 Å². The maximum Gasteiger partial charge on any atom is 0.425 e. The van der Waals surface area contributed by atoms with E-state index in [1.807, 2.05) is 0 Å². The summed E-state index contributed by atoms with van der Waals surface area (Å²) < 4.78 is 78.2. The van der Waals surface area contributed by atoms with Crippen LogP contribution in [-0.2, 0) is 6.18 Å². The average Bonchev–Trinajstić information content (AvgIpc) is 3.04. The molecule has 0 aliphatic carbocycles. The van der Waals surface area contributed by atoms with Crippen LogP contribution >= 0.6 is 11.3 Å². The zero-order valence-electron chi connectivity index (χ0n) is 14.0. The molecule has 0 amide bonds. The van der Waals surface area contributed by atoms with E-state index in [9.17, 15) is 22.0 Å². The molecule has 3 aromatic heterocycles. The maximum absolute atomic E-state index is 12.7. The molecule has 0 aliphatic rings. The Morgan fingerprint density at radius 1 is 1.00 bits per heavy atom. The summed E-state index contributed by atoms with van der Waals surface area (Å²) in [6.45, 7) is -1.39. The predicted octanol–water partition coefficient (Wildman–Crippen LogP) is 6.05. The average molecular weight is 418 g/mol. The molecule has 0 N–H and O–H groups in total. The maximum atomic E-state index is 12.7. The molecular formula is C17H11F5N2O3S. The van der Waals surface area contributed by atoms with E-state index in [-0.39, 0.29) is 28.3 Å². The van der Waals surface area contributed by atoms with Crippen molar-refractivity contribution in [3.8, 4) is 28.3 Å².